The number of allylic oxidation sites excluding steroid dienone is 2. The van der Waals surface area contributed by atoms with Crippen LogP contribution in [0, 0.1) is 11.3 Å². The fraction of sp³-hybridized carbons (Fsp3) is 0.233. The maximum absolute atomic E-state index is 5.41. The maximum Gasteiger partial charge on any atom is 0.178 e. The molecule has 0 saturated heterocycles. The van der Waals surface area contributed by atoms with Gasteiger partial charge in [0.1, 0.15) is 36.7 Å². The molecular formula is C60H54N12. The molecule has 0 saturated carbocycles. The average Bonchev–Trinajstić information content (AvgIpc) is 4.17. The summed E-state index contributed by atoms with van der Waals surface area (Å²) in [4.78, 5) is 40.4. The van der Waals surface area contributed by atoms with Crippen LogP contribution in [-0.4, -0.2) is 75.5 Å². The smallest absolute Gasteiger partial charge is 0.178 e. The Bertz CT molecular complexity index is 3480. The fourth-order valence-electron chi connectivity index (χ4n) is 15.2. The molecule has 10 heterocycles. The molecule has 5 aromatic carbocycles. The summed E-state index contributed by atoms with van der Waals surface area (Å²) in [6.45, 7) is 10.4. The average molecular weight is 943 g/mol. The summed E-state index contributed by atoms with van der Waals surface area (Å²) in [5.74, 6) is 2.54. The summed E-state index contributed by atoms with van der Waals surface area (Å²) in [6, 6.07) is 47.1. The number of para-hydroxylation sites is 5. The molecular weight excluding hydrogens is 889 g/mol. The Kier molecular flexibility index (Phi) is 8.53. The minimum atomic E-state index is -0.648. The van der Waals surface area contributed by atoms with Crippen molar-refractivity contribution < 1.29 is 0 Å². The van der Waals surface area contributed by atoms with Gasteiger partial charge in [-0.25, -0.2) is 19.9 Å². The lowest BCUT2D eigenvalue weighted by molar-refractivity contribution is 0.0359. The van der Waals surface area contributed by atoms with E-state index in [1.807, 2.05) is 18.6 Å². The second-order valence-electron chi connectivity index (χ2n) is 20.9. The second-order valence-corrected chi connectivity index (χ2v) is 20.9. The Morgan fingerprint density at radius 1 is 0.556 bits per heavy atom. The molecule has 0 fully saturated rings. The molecule has 0 spiro atoms. The third-order valence-electron chi connectivity index (χ3n) is 17.9. The SMILES string of the molecule is C=C1CC2c3ccccc3N3c4nccnc4N(c4ccccc4)C3C2(CCC23C(=C)c4ccccc4N4C=CN(C)C4C2C2N(C)c4ncncc4N2c2ccccc23)C2N(C)C=CN2c2ccccc21. The lowest BCUT2D eigenvalue weighted by atomic mass is 9.53. The van der Waals surface area contributed by atoms with Crippen LogP contribution in [-0.2, 0) is 5.41 Å². The van der Waals surface area contributed by atoms with Gasteiger partial charge in [-0.05, 0) is 77.9 Å². The maximum atomic E-state index is 5.41. The van der Waals surface area contributed by atoms with Gasteiger partial charge in [0, 0.05) is 97.9 Å². The molecule has 15 rings (SSSR count). The molecule has 0 aliphatic carbocycles. The van der Waals surface area contributed by atoms with Crippen molar-refractivity contribution in [2.75, 3.05) is 50.5 Å². The molecule has 0 bridgehead atoms. The van der Waals surface area contributed by atoms with E-state index in [1.54, 1.807) is 6.33 Å². The number of anilines is 9. The Hall–Kier alpha value is -8.38. The van der Waals surface area contributed by atoms with Crippen LogP contribution in [0.15, 0.2) is 190 Å². The van der Waals surface area contributed by atoms with Gasteiger partial charge in [-0.1, -0.05) is 104 Å². The van der Waals surface area contributed by atoms with Crippen molar-refractivity contribution in [3.05, 3.63) is 213 Å². The molecule has 8 unspecified atom stereocenters. The Morgan fingerprint density at radius 3 is 2.01 bits per heavy atom. The minimum Gasteiger partial charge on any atom is -0.358 e. The lowest BCUT2D eigenvalue weighted by Crippen LogP contribution is -2.68. The van der Waals surface area contributed by atoms with Gasteiger partial charge in [-0.3, -0.25) is 0 Å². The van der Waals surface area contributed by atoms with Crippen LogP contribution in [0.2, 0.25) is 0 Å². The molecule has 0 radical (unpaired) electrons. The number of aromatic nitrogens is 4. The van der Waals surface area contributed by atoms with E-state index in [9.17, 15) is 0 Å². The van der Waals surface area contributed by atoms with Crippen LogP contribution in [0.5, 0.6) is 0 Å². The molecule has 0 amide bonds. The van der Waals surface area contributed by atoms with Crippen molar-refractivity contribution in [3.8, 4) is 0 Å². The van der Waals surface area contributed by atoms with Gasteiger partial charge in [-0.15, -0.1) is 0 Å². The van der Waals surface area contributed by atoms with Crippen molar-refractivity contribution in [1.29, 1.82) is 0 Å². The van der Waals surface area contributed by atoms with Gasteiger partial charge < -0.3 is 39.2 Å². The van der Waals surface area contributed by atoms with Gasteiger partial charge in [0.2, 0.25) is 0 Å². The highest BCUT2D eigenvalue weighted by molar-refractivity contribution is 5.93. The summed E-state index contributed by atoms with van der Waals surface area (Å²) in [5.41, 5.74) is 12.7. The first-order valence-electron chi connectivity index (χ1n) is 25.2. The van der Waals surface area contributed by atoms with Crippen LogP contribution < -0.4 is 29.4 Å². The third kappa shape index (κ3) is 5.10. The standard InChI is InChI=1S/C60H54N12/c1-38-35-45-43-21-11-15-25-48(43)72-54-53(62-29-30-63-54)70(40-17-7-6-8-18-40)58(72)60(45,57-66(4)32-34-69(57)46-23-13-9-19-41(38)46)28-27-59-39(2)42-20-10-14-24-47(42)68-33-31-65(3)55(68)51(59)56-67(5)52-50(36-61-37-64-52)71(56)49-26-16-12-22-44(49)59/h6-26,29-34,36-37,45,51,55-58H,1-2,27-28,35H2,3-5H3. The van der Waals surface area contributed by atoms with E-state index in [4.69, 9.17) is 28.1 Å². The van der Waals surface area contributed by atoms with E-state index in [-0.39, 0.29) is 36.5 Å². The Morgan fingerprint density at radius 2 is 1.21 bits per heavy atom. The molecule has 8 atom stereocenters. The van der Waals surface area contributed by atoms with E-state index < -0.39 is 10.8 Å². The summed E-state index contributed by atoms with van der Waals surface area (Å²) in [7, 11) is 6.77. The number of rotatable bonds is 4. The number of hydrogen-bond donors (Lipinski definition) is 0. The largest absolute Gasteiger partial charge is 0.358 e. The molecule has 8 aliphatic heterocycles. The van der Waals surface area contributed by atoms with Crippen LogP contribution in [0.3, 0.4) is 0 Å². The van der Waals surface area contributed by atoms with E-state index in [1.165, 1.54) is 33.6 Å². The molecule has 354 valence electrons. The first-order valence-corrected chi connectivity index (χ1v) is 25.2. The number of benzene rings is 5. The second kappa shape index (κ2) is 14.8. The number of hydrogen-bond acceptors (Lipinski definition) is 12. The zero-order valence-corrected chi connectivity index (χ0v) is 40.6. The van der Waals surface area contributed by atoms with Crippen LogP contribution in [0.4, 0.5) is 51.6 Å². The Balaban J connectivity index is 1.05. The zero-order valence-electron chi connectivity index (χ0n) is 40.6. The molecule has 72 heavy (non-hydrogen) atoms. The van der Waals surface area contributed by atoms with Gasteiger partial charge in [0.15, 0.2) is 17.5 Å². The lowest BCUT2D eigenvalue weighted by Gasteiger charge is -2.62. The van der Waals surface area contributed by atoms with Crippen molar-refractivity contribution in [2.45, 2.75) is 55.3 Å². The monoisotopic (exact) mass is 942 g/mol. The predicted octanol–water partition coefficient (Wildman–Crippen LogP) is 11.2. The van der Waals surface area contributed by atoms with Crippen LogP contribution >= 0.6 is 0 Å². The summed E-state index contributed by atoms with van der Waals surface area (Å²) >= 11 is 0. The number of fused-ring (bicyclic) bond motifs is 24. The highest BCUT2D eigenvalue weighted by Crippen LogP contribution is 2.70. The van der Waals surface area contributed by atoms with Gasteiger partial charge >= 0.3 is 0 Å². The van der Waals surface area contributed by atoms with Gasteiger partial charge in [0.05, 0.1) is 28.9 Å². The Labute approximate surface area is 420 Å². The van der Waals surface area contributed by atoms with Crippen LogP contribution in [0.1, 0.15) is 47.4 Å². The molecule has 0 N–H and O–H groups in total. The third-order valence-corrected chi connectivity index (χ3v) is 17.9. The first kappa shape index (κ1) is 41.4. The molecule has 12 nitrogen and oxygen atoms in total. The predicted molar refractivity (Wildman–Crippen MR) is 287 cm³/mol. The van der Waals surface area contributed by atoms with Crippen molar-refractivity contribution in [1.82, 2.24) is 29.7 Å². The molecule has 7 aromatic rings. The van der Waals surface area contributed by atoms with Crippen LogP contribution in [0.25, 0.3) is 11.1 Å². The van der Waals surface area contributed by atoms with Crippen molar-refractivity contribution in [3.63, 3.8) is 0 Å². The summed E-state index contributed by atoms with van der Waals surface area (Å²) in [6.07, 6.45) is 18.2. The topological polar surface area (TPSA) is 77.5 Å². The fourth-order valence-corrected chi connectivity index (χ4v) is 15.2. The van der Waals surface area contributed by atoms with E-state index in [0.717, 1.165) is 70.6 Å². The van der Waals surface area contributed by atoms with Crippen molar-refractivity contribution >= 4 is 62.7 Å². The highest BCUT2D eigenvalue weighted by Gasteiger charge is 2.69. The first-order chi connectivity index (χ1) is 35.3. The van der Waals surface area contributed by atoms with Gasteiger partial charge in [-0.2, -0.15) is 0 Å². The van der Waals surface area contributed by atoms with E-state index in [0.29, 0.717) is 0 Å². The zero-order chi connectivity index (χ0) is 48.2. The number of nitrogens with zero attached hydrogens (tertiary/aromatic N) is 12. The molecule has 2 aromatic heterocycles. The quantitative estimate of drug-likeness (QED) is 0.169. The molecule has 8 aliphatic rings. The van der Waals surface area contributed by atoms with Crippen molar-refractivity contribution in [2.24, 2.45) is 11.3 Å². The normalized spacial score (nSPS) is 27.5. The van der Waals surface area contributed by atoms with E-state index >= 15 is 0 Å². The van der Waals surface area contributed by atoms with E-state index in [2.05, 4.69) is 218 Å². The summed E-state index contributed by atoms with van der Waals surface area (Å²) in [5, 5.41) is 0. The minimum absolute atomic E-state index is 0.0244. The highest BCUT2D eigenvalue weighted by atomic mass is 15.5. The summed E-state index contributed by atoms with van der Waals surface area (Å²) < 4.78 is 0. The van der Waals surface area contributed by atoms with Gasteiger partial charge in [0.25, 0.3) is 0 Å². The molecule has 12 heteroatoms.